The molecule has 0 aromatic carbocycles. The molecule has 0 fully saturated rings. The third kappa shape index (κ3) is 6.25. The second kappa shape index (κ2) is 10.7. The summed E-state index contributed by atoms with van der Waals surface area (Å²) in [6.07, 6.45) is 1.50. The van der Waals surface area contributed by atoms with Crippen LogP contribution >= 0.6 is 0 Å². The lowest BCUT2D eigenvalue weighted by Gasteiger charge is -2.18. The number of hydrogen-bond acceptors (Lipinski definition) is 5. The first-order valence-corrected chi connectivity index (χ1v) is 7.97. The number of ether oxygens (including phenoxy) is 2. The van der Waals surface area contributed by atoms with Gasteiger partial charge in [0.2, 0.25) is 0 Å². The van der Waals surface area contributed by atoms with Gasteiger partial charge in [0.1, 0.15) is 11.4 Å². The Kier molecular flexibility index (Phi) is 8.96. The summed E-state index contributed by atoms with van der Waals surface area (Å²) in [6, 6.07) is 4.92. The minimum Gasteiger partial charge on any atom is -0.385 e. The number of hydrogen-bond donors (Lipinski definition) is 0. The van der Waals surface area contributed by atoms with Crippen molar-refractivity contribution in [3.63, 3.8) is 0 Å². The SMILES string of the molecule is COCCCN(C)C(=O)c1cccc(C(=O)N(C)CCCOC)n1. The van der Waals surface area contributed by atoms with Gasteiger partial charge in [0.05, 0.1) is 0 Å². The average Bonchev–Trinajstić information content (AvgIpc) is 2.60. The third-order valence-corrected chi connectivity index (χ3v) is 3.56. The summed E-state index contributed by atoms with van der Waals surface area (Å²) in [4.78, 5) is 32.1. The predicted molar refractivity (Wildman–Crippen MR) is 91.1 cm³/mol. The lowest BCUT2D eigenvalue weighted by atomic mass is 10.2. The molecule has 1 heterocycles. The van der Waals surface area contributed by atoms with Crippen LogP contribution in [-0.4, -0.2) is 81.2 Å². The second-order valence-electron chi connectivity index (χ2n) is 5.55. The molecule has 1 rings (SSSR count). The minimum absolute atomic E-state index is 0.206. The van der Waals surface area contributed by atoms with Gasteiger partial charge >= 0.3 is 0 Å². The quantitative estimate of drug-likeness (QED) is 0.602. The Hall–Kier alpha value is -1.99. The normalized spacial score (nSPS) is 10.5. The van der Waals surface area contributed by atoms with E-state index in [-0.39, 0.29) is 23.2 Å². The lowest BCUT2D eigenvalue weighted by Crippen LogP contribution is -2.31. The highest BCUT2D eigenvalue weighted by molar-refractivity contribution is 5.96. The van der Waals surface area contributed by atoms with E-state index in [9.17, 15) is 9.59 Å². The van der Waals surface area contributed by atoms with Gasteiger partial charge in [-0.2, -0.15) is 0 Å². The van der Waals surface area contributed by atoms with Crippen LogP contribution < -0.4 is 0 Å². The Morgan fingerprint density at radius 3 is 1.71 bits per heavy atom. The highest BCUT2D eigenvalue weighted by Gasteiger charge is 2.17. The molecule has 0 radical (unpaired) electrons. The first-order chi connectivity index (χ1) is 11.5. The van der Waals surface area contributed by atoms with Crippen molar-refractivity contribution in [1.82, 2.24) is 14.8 Å². The first kappa shape index (κ1) is 20.1. The zero-order valence-corrected chi connectivity index (χ0v) is 14.9. The van der Waals surface area contributed by atoms with Crippen molar-refractivity contribution in [2.45, 2.75) is 12.8 Å². The van der Waals surface area contributed by atoms with Gasteiger partial charge in [-0.1, -0.05) is 6.07 Å². The predicted octanol–water partition coefficient (Wildman–Crippen LogP) is 1.30. The van der Waals surface area contributed by atoms with Gasteiger partial charge in [-0.05, 0) is 25.0 Å². The molecule has 1 aromatic heterocycles. The van der Waals surface area contributed by atoms with Gasteiger partial charge in [-0.15, -0.1) is 0 Å². The highest BCUT2D eigenvalue weighted by Crippen LogP contribution is 2.06. The number of carbonyl (C=O) groups excluding carboxylic acids is 2. The van der Waals surface area contributed by atoms with E-state index >= 15 is 0 Å². The molecule has 24 heavy (non-hydrogen) atoms. The molecule has 0 bridgehead atoms. The van der Waals surface area contributed by atoms with Crippen molar-refractivity contribution in [3.8, 4) is 0 Å². The fraction of sp³-hybridized carbons (Fsp3) is 0.588. The maximum absolute atomic E-state index is 12.4. The molecule has 7 heteroatoms. The summed E-state index contributed by atoms with van der Waals surface area (Å²) in [6.45, 7) is 2.33. The number of pyridine rings is 1. The van der Waals surface area contributed by atoms with Crippen LogP contribution in [0, 0.1) is 0 Å². The molecule has 0 spiro atoms. The van der Waals surface area contributed by atoms with Crippen molar-refractivity contribution in [2.24, 2.45) is 0 Å². The van der Waals surface area contributed by atoms with Crippen molar-refractivity contribution in [2.75, 3.05) is 54.6 Å². The van der Waals surface area contributed by atoms with Crippen LogP contribution in [0.25, 0.3) is 0 Å². The number of methoxy groups -OCH3 is 2. The van der Waals surface area contributed by atoms with Gasteiger partial charge in [-0.3, -0.25) is 9.59 Å². The van der Waals surface area contributed by atoms with E-state index < -0.39 is 0 Å². The maximum Gasteiger partial charge on any atom is 0.272 e. The summed E-state index contributed by atoms with van der Waals surface area (Å²) in [7, 11) is 6.68. The molecular weight excluding hydrogens is 310 g/mol. The molecule has 2 amide bonds. The zero-order valence-electron chi connectivity index (χ0n) is 14.9. The Labute approximate surface area is 143 Å². The molecule has 0 saturated carbocycles. The Morgan fingerprint density at radius 2 is 1.33 bits per heavy atom. The van der Waals surface area contributed by atoms with Gasteiger partial charge in [-0.25, -0.2) is 4.98 Å². The molecular formula is C17H27N3O4. The summed E-state index contributed by atoms with van der Waals surface area (Å²) in [5, 5.41) is 0. The molecule has 134 valence electrons. The molecule has 0 atom stereocenters. The lowest BCUT2D eigenvalue weighted by molar-refractivity contribution is 0.0767. The minimum atomic E-state index is -0.206. The molecule has 0 saturated heterocycles. The van der Waals surface area contributed by atoms with Gasteiger partial charge < -0.3 is 19.3 Å². The van der Waals surface area contributed by atoms with Crippen LogP contribution in [0.5, 0.6) is 0 Å². The average molecular weight is 337 g/mol. The van der Waals surface area contributed by atoms with Crippen LogP contribution in [0.1, 0.15) is 33.8 Å². The van der Waals surface area contributed by atoms with Crippen LogP contribution in [-0.2, 0) is 9.47 Å². The molecule has 1 aromatic rings. The molecule has 7 nitrogen and oxygen atoms in total. The second-order valence-corrected chi connectivity index (χ2v) is 5.55. The number of amides is 2. The molecule has 0 unspecified atom stereocenters. The van der Waals surface area contributed by atoms with E-state index in [1.807, 2.05) is 0 Å². The Balaban J connectivity index is 2.71. The summed E-state index contributed by atoms with van der Waals surface area (Å²) >= 11 is 0. The van der Waals surface area contributed by atoms with Crippen molar-refractivity contribution >= 4 is 11.8 Å². The van der Waals surface area contributed by atoms with Crippen LogP contribution in [0.15, 0.2) is 18.2 Å². The number of rotatable bonds is 10. The van der Waals surface area contributed by atoms with Crippen molar-refractivity contribution in [1.29, 1.82) is 0 Å². The largest absolute Gasteiger partial charge is 0.385 e. The maximum atomic E-state index is 12.4. The zero-order chi connectivity index (χ0) is 17.9. The van der Waals surface area contributed by atoms with Gasteiger partial charge in [0.15, 0.2) is 0 Å². The van der Waals surface area contributed by atoms with E-state index in [4.69, 9.17) is 9.47 Å². The molecule has 0 aliphatic carbocycles. The number of nitrogens with zero attached hydrogens (tertiary/aromatic N) is 3. The van der Waals surface area contributed by atoms with E-state index in [0.29, 0.717) is 26.3 Å². The number of carbonyl (C=O) groups is 2. The van der Waals surface area contributed by atoms with E-state index in [1.165, 1.54) is 0 Å². The highest BCUT2D eigenvalue weighted by atomic mass is 16.5. The first-order valence-electron chi connectivity index (χ1n) is 7.97. The standard InChI is InChI=1S/C17H27N3O4/c1-19(10-6-12-23-3)16(21)14-8-5-9-15(18-14)17(22)20(2)11-7-13-24-4/h5,8-9H,6-7,10-13H2,1-4H3. The van der Waals surface area contributed by atoms with Crippen LogP contribution in [0.4, 0.5) is 0 Å². The van der Waals surface area contributed by atoms with E-state index in [1.54, 1.807) is 56.3 Å². The molecule has 0 N–H and O–H groups in total. The fourth-order valence-electron chi connectivity index (χ4n) is 2.16. The Morgan fingerprint density at radius 1 is 0.917 bits per heavy atom. The third-order valence-electron chi connectivity index (χ3n) is 3.56. The van der Waals surface area contributed by atoms with E-state index in [2.05, 4.69) is 4.98 Å². The van der Waals surface area contributed by atoms with Crippen molar-refractivity contribution < 1.29 is 19.1 Å². The fourth-order valence-corrected chi connectivity index (χ4v) is 2.16. The topological polar surface area (TPSA) is 72.0 Å². The summed E-state index contributed by atoms with van der Waals surface area (Å²) in [5.74, 6) is -0.412. The number of aromatic nitrogens is 1. The van der Waals surface area contributed by atoms with Gasteiger partial charge in [0.25, 0.3) is 11.8 Å². The summed E-state index contributed by atoms with van der Waals surface area (Å²) < 4.78 is 9.96. The smallest absolute Gasteiger partial charge is 0.272 e. The van der Waals surface area contributed by atoms with Crippen molar-refractivity contribution in [3.05, 3.63) is 29.6 Å². The van der Waals surface area contributed by atoms with E-state index in [0.717, 1.165) is 12.8 Å². The monoisotopic (exact) mass is 337 g/mol. The molecule has 0 aliphatic rings. The molecule has 0 aliphatic heterocycles. The van der Waals surface area contributed by atoms with Crippen LogP contribution in [0.3, 0.4) is 0 Å². The Bertz CT molecular complexity index is 493. The van der Waals surface area contributed by atoms with Crippen LogP contribution in [0.2, 0.25) is 0 Å². The van der Waals surface area contributed by atoms with Gasteiger partial charge in [0, 0.05) is 54.6 Å². The summed E-state index contributed by atoms with van der Waals surface area (Å²) in [5.41, 5.74) is 0.539.